The maximum Gasteiger partial charge on any atom is 0.255 e. The van der Waals surface area contributed by atoms with Crippen LogP contribution in [-0.2, 0) is 65.9 Å². The third-order valence-electron chi connectivity index (χ3n) is 30.8. The monoisotopic (exact) mass is 1990 g/mol. The maximum atomic E-state index is 13.4. The van der Waals surface area contributed by atoms with Crippen molar-refractivity contribution in [3.63, 3.8) is 0 Å². The molecule has 7 aliphatic carbocycles. The number of carbonyl (C=O) groups excluding carboxylic acids is 4. The lowest BCUT2D eigenvalue weighted by Gasteiger charge is -2.43. The molecule has 28 heteroatoms. The Morgan fingerprint density at radius 2 is 0.674 bits per heavy atom. The Morgan fingerprint density at radius 3 is 1.00 bits per heavy atom. The number of amides is 4. The van der Waals surface area contributed by atoms with Gasteiger partial charge in [0.1, 0.15) is 0 Å². The lowest BCUT2D eigenvalue weighted by atomic mass is 9.68. The van der Waals surface area contributed by atoms with Crippen molar-refractivity contribution in [2.75, 3.05) is 71.7 Å². The molecule has 0 radical (unpaired) electrons. The van der Waals surface area contributed by atoms with Crippen LogP contribution in [0.3, 0.4) is 0 Å². The van der Waals surface area contributed by atoms with Gasteiger partial charge in [0.2, 0.25) is 21.8 Å². The van der Waals surface area contributed by atoms with Crippen LogP contribution < -0.4 is 28.7 Å². The molecule has 4 aromatic heterocycles. The van der Waals surface area contributed by atoms with Crippen LogP contribution in [-0.4, -0.2) is 188 Å². The molecule has 7 fully saturated rings. The normalized spacial score (nSPS) is 23.5. The molecule has 0 saturated heterocycles. The van der Waals surface area contributed by atoms with E-state index >= 15 is 0 Å². The van der Waals surface area contributed by atoms with Crippen LogP contribution in [0.25, 0.3) is 0 Å². The zero-order valence-corrected chi connectivity index (χ0v) is 84.9. The molecule has 0 aliphatic heterocycles. The minimum absolute atomic E-state index is 0.0174. The highest BCUT2D eigenvalue weighted by Gasteiger charge is 2.46. The number of nitrogens with zero attached hydrogens (tertiary/aromatic N) is 11. The third kappa shape index (κ3) is 28.6. The van der Waals surface area contributed by atoms with Gasteiger partial charge in [0.25, 0.3) is 11.8 Å². The number of hydrogen-bond donors (Lipinski definition) is 5. The lowest BCUT2D eigenvalue weighted by molar-refractivity contribution is -0.132. The number of benzene rings is 6. The van der Waals surface area contributed by atoms with Crippen molar-refractivity contribution in [2.45, 2.75) is 244 Å². The highest BCUT2D eigenvalue weighted by molar-refractivity contribution is 7.88. The van der Waals surface area contributed by atoms with E-state index in [1.807, 2.05) is 154 Å². The molecule has 0 spiro atoms. The smallest absolute Gasteiger partial charge is 0.255 e. The van der Waals surface area contributed by atoms with Crippen molar-refractivity contribution < 1.29 is 27.6 Å². The molecular formula is C110H139Cl5N16O6S. The molecule has 7 saturated carbocycles. The van der Waals surface area contributed by atoms with Crippen LogP contribution in [0.1, 0.15) is 233 Å². The first-order valence-corrected chi connectivity index (χ1v) is 53.2. The number of pyridine rings is 2. The van der Waals surface area contributed by atoms with Gasteiger partial charge in [-0.3, -0.25) is 29.1 Å². The van der Waals surface area contributed by atoms with Gasteiger partial charge < -0.3 is 48.3 Å². The molecule has 10 aromatic rings. The van der Waals surface area contributed by atoms with Gasteiger partial charge in [-0.1, -0.05) is 161 Å². The Bertz CT molecular complexity index is 5500. The Kier molecular flexibility index (Phi) is 38.8. The Labute approximate surface area is 842 Å². The summed E-state index contributed by atoms with van der Waals surface area (Å²) in [4.78, 5) is 67.9. The average Bonchev–Trinajstić information content (AvgIpc) is 1.47. The van der Waals surface area contributed by atoms with Crippen molar-refractivity contribution in [2.24, 2.45) is 40.5 Å². The third-order valence-corrected chi connectivity index (χ3v) is 33.2. The van der Waals surface area contributed by atoms with Crippen LogP contribution in [0.5, 0.6) is 0 Å². The molecule has 7 aliphatic rings. The van der Waals surface area contributed by atoms with Crippen molar-refractivity contribution in [3.8, 4) is 0 Å². The predicted octanol–water partition coefficient (Wildman–Crippen LogP) is 19.6. The second-order valence-electron chi connectivity index (χ2n) is 39.4. The highest BCUT2D eigenvalue weighted by Crippen LogP contribution is 2.48. The first kappa shape index (κ1) is 106. The molecule has 4 heterocycles. The van der Waals surface area contributed by atoms with E-state index in [0.717, 1.165) is 210 Å². The first-order chi connectivity index (χ1) is 66.6. The summed E-state index contributed by atoms with van der Waals surface area (Å²) in [6.45, 7) is 9.95. The quantitative estimate of drug-likeness (QED) is 0.0269. The average molecular weight is 1990 g/mol. The number of halogens is 5. The van der Waals surface area contributed by atoms with E-state index < -0.39 is 10.0 Å². The minimum atomic E-state index is -3.15. The van der Waals surface area contributed by atoms with E-state index in [4.69, 9.17) is 86.7 Å². The number of nitrogens with two attached hydrogens (primary N) is 5. The molecule has 138 heavy (non-hydrogen) atoms. The number of rotatable bonds is 31. The fourth-order valence-corrected chi connectivity index (χ4v) is 24.0. The van der Waals surface area contributed by atoms with Gasteiger partial charge in [-0.2, -0.15) is 24.7 Å². The molecule has 22 nitrogen and oxygen atoms in total. The molecule has 6 aromatic carbocycles. The van der Waals surface area contributed by atoms with E-state index in [-0.39, 0.29) is 80.9 Å². The van der Waals surface area contributed by atoms with Gasteiger partial charge in [-0.05, 0) is 309 Å². The summed E-state index contributed by atoms with van der Waals surface area (Å²) < 4.78 is 26.2. The summed E-state index contributed by atoms with van der Waals surface area (Å²) in [6.07, 6.45) is 39.1. The van der Waals surface area contributed by atoms with Crippen molar-refractivity contribution in [3.05, 3.63) is 318 Å². The van der Waals surface area contributed by atoms with Crippen LogP contribution in [0, 0.1) is 11.8 Å². The summed E-state index contributed by atoms with van der Waals surface area (Å²) in [6, 6.07) is 65.0. The summed E-state index contributed by atoms with van der Waals surface area (Å²) in [5.74, 6) is 1.59. The Hall–Kier alpha value is -9.18. The van der Waals surface area contributed by atoms with Gasteiger partial charge >= 0.3 is 0 Å². The van der Waals surface area contributed by atoms with E-state index in [0.29, 0.717) is 75.3 Å². The largest absolute Gasteiger partial charge is 0.340 e. The van der Waals surface area contributed by atoms with Gasteiger partial charge in [0, 0.05) is 192 Å². The fourth-order valence-electron chi connectivity index (χ4n) is 21.8. The first-order valence-electron chi connectivity index (χ1n) is 49.4. The molecule has 0 unspecified atom stereocenters. The summed E-state index contributed by atoms with van der Waals surface area (Å²) in [5, 5.41) is 19.1. The van der Waals surface area contributed by atoms with Gasteiger partial charge in [0.05, 0.1) is 42.2 Å². The number of sulfonamides is 1. The lowest BCUT2D eigenvalue weighted by Crippen LogP contribution is -2.48. The second kappa shape index (κ2) is 50.5. The standard InChI is InChI=1S/C26H29ClN4O.C22H27ClN4O.2C22H28ClN3O.C18H27ClN2O2S/c27-23-8-4-7-22(17-23)26(19-28)13-9-24(10-14-26)31(16-12-20-5-2-1-3-6-20)25(32)21-11-15-29-30-18-21;23-19-3-1-2-18(12-19)22(15-24)9-6-20(7-10-22)27(14-16-4-5-16)21(28)17-8-11-25-26-13-17;1-17(27)26(13-9-18-4-3-12-25-15-18)21-7-10-22(16-24,11-8-21)19-5-2-6-20(23)14-19;1-17(27)26(14-10-20-7-2-3-13-25-20)21-8-11-22(16-24,12-9-21)18-5-4-6-19(23)15-18;1-24(22,23)21(12-14-5-6-14)17-7-9-18(13-20,10-8-17)15-3-2-4-16(19)11-15/h1-8,11,15,17-18,24H,9-10,12-14,16,19,28H2;1-3,8,11-13,16,20H,4-7,9-10,14-15,24H2;2-6,12,14-15,21H,7-11,13,16,24H2,1H3;2-7,13,15,21H,8-12,14,16,24H2,1H3;2-4,11,14,17H,5-10,12-13,20H2,1H3. The summed E-state index contributed by atoms with van der Waals surface area (Å²) >= 11 is 31.1. The van der Waals surface area contributed by atoms with Gasteiger partial charge in [0.15, 0.2) is 0 Å². The Balaban J connectivity index is 0.000000146. The van der Waals surface area contributed by atoms with Gasteiger partial charge in [-0.15, -0.1) is 0 Å². The van der Waals surface area contributed by atoms with E-state index in [9.17, 15) is 27.6 Å². The van der Waals surface area contributed by atoms with Crippen LogP contribution >= 0.6 is 58.0 Å². The summed E-state index contributed by atoms with van der Waals surface area (Å²) in [5.41, 5.74) is 41.5. The molecule has 0 bridgehead atoms. The molecule has 17 rings (SSSR count). The highest BCUT2D eigenvalue weighted by atomic mass is 35.5. The number of hydrogen-bond acceptors (Lipinski definition) is 17. The zero-order valence-electron chi connectivity index (χ0n) is 80.3. The zero-order chi connectivity index (χ0) is 97.9. The molecule has 736 valence electrons. The maximum absolute atomic E-state index is 13.4. The SMILES string of the molecule is CC(=O)N(CCc1ccccn1)C1CCC(CN)(c2cccc(Cl)c2)CC1.CC(=O)N(CCc1cccnc1)C1CCC(CN)(c2cccc(Cl)c2)CC1.CS(=O)(=O)N(CC1CC1)C1CCC(CN)(c2cccc(Cl)c2)CC1.NCC1(c2cccc(Cl)c2)CCC(N(CC2CC2)C(=O)c2ccnnc2)CC1.NCC1(c2cccc(Cl)c2)CCC(N(CCc2ccccc2)C(=O)c2ccnnc2)CC1. The van der Waals surface area contributed by atoms with Crippen LogP contribution in [0.15, 0.2) is 238 Å². The fraction of sp³-hybridized carbons (Fsp3) is 0.473. The van der Waals surface area contributed by atoms with Crippen molar-refractivity contribution in [1.82, 2.24) is 54.3 Å². The van der Waals surface area contributed by atoms with E-state index in [2.05, 4.69) is 83.8 Å². The molecular weight excluding hydrogens is 1850 g/mol. The number of aromatic nitrogens is 6. The van der Waals surface area contributed by atoms with Crippen LogP contribution in [0.2, 0.25) is 25.1 Å². The second-order valence-corrected chi connectivity index (χ2v) is 43.5. The van der Waals surface area contributed by atoms with E-state index in [1.165, 1.54) is 52.5 Å². The predicted molar refractivity (Wildman–Crippen MR) is 556 cm³/mol. The molecule has 4 amide bonds. The minimum Gasteiger partial charge on any atom is -0.340 e. The summed E-state index contributed by atoms with van der Waals surface area (Å²) in [7, 11) is -3.15. The van der Waals surface area contributed by atoms with Gasteiger partial charge in [-0.25, -0.2) is 8.42 Å². The molecule has 10 N–H and O–H groups in total. The topological polar surface area (TPSA) is 326 Å². The van der Waals surface area contributed by atoms with Crippen molar-refractivity contribution in [1.29, 1.82) is 0 Å². The Morgan fingerprint density at radius 1 is 0.341 bits per heavy atom. The molecule has 0 atom stereocenters. The van der Waals surface area contributed by atoms with Crippen molar-refractivity contribution >= 4 is 91.7 Å². The van der Waals surface area contributed by atoms with E-state index in [1.54, 1.807) is 67.5 Å². The van der Waals surface area contributed by atoms with Crippen LogP contribution in [0.4, 0.5) is 0 Å². The number of carbonyl (C=O) groups is 4.